The maximum atomic E-state index is 13.0. The Labute approximate surface area is 203 Å². The number of sulfonamides is 1. The first-order valence-electron chi connectivity index (χ1n) is 10.3. The molecule has 4 rings (SSSR count). The minimum absolute atomic E-state index is 0.0400. The van der Waals surface area contributed by atoms with Crippen LogP contribution in [0.15, 0.2) is 52.9 Å². The number of hydrogen-bond donors (Lipinski definition) is 0. The molecule has 1 atom stereocenters. The smallest absolute Gasteiger partial charge is 0.298 e. The van der Waals surface area contributed by atoms with Gasteiger partial charge in [-0.05, 0) is 43.2 Å². The van der Waals surface area contributed by atoms with E-state index < -0.39 is 27.8 Å². The lowest BCUT2D eigenvalue weighted by molar-refractivity contribution is -0.137. The molecule has 1 fully saturated rings. The molecule has 3 aromatic rings. The Balaban J connectivity index is 1.44. The molecule has 0 bridgehead atoms. The van der Waals surface area contributed by atoms with Crippen LogP contribution in [0.2, 0.25) is 4.34 Å². The number of carbonyl (C=O) groups is 1. The van der Waals surface area contributed by atoms with Crippen LogP contribution in [0.5, 0.6) is 0 Å². The Bertz CT molecular complexity index is 1290. The Hall–Kier alpha value is -2.34. The maximum absolute atomic E-state index is 13.0. The fraction of sp³-hybridized carbons (Fsp3) is 0.318. The van der Waals surface area contributed by atoms with Crippen LogP contribution in [0.4, 0.5) is 13.2 Å². The molecule has 0 saturated carbocycles. The van der Waals surface area contributed by atoms with Gasteiger partial charge in [-0.2, -0.15) is 17.5 Å². The third-order valence-corrected chi connectivity index (χ3v) is 9.10. The summed E-state index contributed by atoms with van der Waals surface area (Å²) in [5.74, 6) is 0.121. The van der Waals surface area contributed by atoms with Crippen molar-refractivity contribution in [3.05, 3.63) is 64.4 Å². The van der Waals surface area contributed by atoms with E-state index in [-0.39, 0.29) is 29.4 Å². The molecule has 1 aromatic carbocycles. The fourth-order valence-corrected chi connectivity index (χ4v) is 7.10. The van der Waals surface area contributed by atoms with Gasteiger partial charge in [-0.15, -0.1) is 11.3 Å². The number of benzene rings is 1. The summed E-state index contributed by atoms with van der Waals surface area (Å²) in [6.07, 6.45) is -1.71. The third kappa shape index (κ3) is 5.32. The quantitative estimate of drug-likeness (QED) is 0.418. The molecule has 1 saturated heterocycles. The summed E-state index contributed by atoms with van der Waals surface area (Å²) in [6, 6.07) is 8.38. The van der Waals surface area contributed by atoms with Crippen LogP contribution in [0.25, 0.3) is 11.3 Å². The van der Waals surface area contributed by atoms with E-state index >= 15 is 0 Å². The number of aryl methyl sites for hydroxylation is 1. The van der Waals surface area contributed by atoms with Gasteiger partial charge < -0.3 is 0 Å². The highest BCUT2D eigenvalue weighted by molar-refractivity contribution is 7.91. The van der Waals surface area contributed by atoms with E-state index in [4.69, 9.17) is 11.6 Å². The summed E-state index contributed by atoms with van der Waals surface area (Å²) < 4.78 is 66.0. The molecule has 0 amide bonds. The number of halogens is 4. The topological polar surface area (TPSA) is 80.2 Å². The monoisotopic (exact) mass is 529 g/mol. The van der Waals surface area contributed by atoms with Crippen LogP contribution >= 0.6 is 22.9 Å². The van der Waals surface area contributed by atoms with Crippen molar-refractivity contribution in [1.29, 1.82) is 0 Å². The second-order valence-electron chi connectivity index (χ2n) is 7.73. The van der Waals surface area contributed by atoms with E-state index in [9.17, 15) is 26.4 Å². The minimum Gasteiger partial charge on any atom is -0.298 e. The van der Waals surface area contributed by atoms with E-state index in [1.807, 2.05) is 0 Å². The average molecular weight is 530 g/mol. The number of ketones is 1. The number of alkyl halides is 3. The number of Topliss-reactive ketones (excluding diaryl/α,β-unsaturated/α-hetero) is 1. The van der Waals surface area contributed by atoms with E-state index in [1.54, 1.807) is 6.07 Å². The lowest BCUT2D eigenvalue weighted by Gasteiger charge is -2.22. The number of aromatic nitrogens is 2. The van der Waals surface area contributed by atoms with Crippen molar-refractivity contribution in [2.24, 2.45) is 0 Å². The first-order chi connectivity index (χ1) is 16.1. The highest BCUT2D eigenvalue weighted by atomic mass is 35.5. The molecular formula is C22H19ClF3N3O3S2. The zero-order valence-corrected chi connectivity index (χ0v) is 20.0. The van der Waals surface area contributed by atoms with Gasteiger partial charge in [0, 0.05) is 31.1 Å². The summed E-state index contributed by atoms with van der Waals surface area (Å²) in [5.41, 5.74) is 0.175. The molecule has 0 spiro atoms. The number of rotatable bonds is 7. The van der Waals surface area contributed by atoms with Gasteiger partial charge in [-0.1, -0.05) is 23.7 Å². The van der Waals surface area contributed by atoms with Gasteiger partial charge in [-0.25, -0.2) is 18.4 Å². The largest absolute Gasteiger partial charge is 0.416 e. The highest BCUT2D eigenvalue weighted by Crippen LogP contribution is 2.33. The van der Waals surface area contributed by atoms with Gasteiger partial charge in [0.15, 0.2) is 5.78 Å². The number of carbonyl (C=O) groups excluding carboxylic acids is 1. The standard InChI is InChI=1S/C22H19ClF3N3O3S2/c23-19-8-10-21(33-19)34(31,32)29-13-1-2-17(29)18(30)7-9-20-27-12-11-16(28-20)14-3-5-15(6-4-14)22(24,25)26/h3-6,8,10-12,17H,1-2,7,9,13H2/t17-/m0/s1. The van der Waals surface area contributed by atoms with Crippen molar-refractivity contribution in [3.8, 4) is 11.3 Å². The van der Waals surface area contributed by atoms with Crippen LogP contribution in [0.1, 0.15) is 30.7 Å². The molecule has 12 heteroatoms. The summed E-state index contributed by atoms with van der Waals surface area (Å²) >= 11 is 6.83. The predicted molar refractivity (Wildman–Crippen MR) is 122 cm³/mol. The maximum Gasteiger partial charge on any atom is 0.416 e. The first kappa shape index (κ1) is 24.8. The summed E-state index contributed by atoms with van der Waals surface area (Å²) in [6.45, 7) is 0.258. The van der Waals surface area contributed by atoms with Gasteiger partial charge in [0.25, 0.3) is 10.0 Å². The molecule has 2 aromatic heterocycles. The zero-order valence-electron chi connectivity index (χ0n) is 17.6. The van der Waals surface area contributed by atoms with Crippen LogP contribution in [-0.2, 0) is 27.4 Å². The first-order valence-corrected chi connectivity index (χ1v) is 13.0. The van der Waals surface area contributed by atoms with E-state index in [2.05, 4.69) is 9.97 Å². The lowest BCUT2D eigenvalue weighted by atomic mass is 10.1. The molecule has 0 N–H and O–H groups in total. The number of thiophene rings is 1. The molecule has 180 valence electrons. The van der Waals surface area contributed by atoms with Crippen LogP contribution in [0, 0.1) is 0 Å². The van der Waals surface area contributed by atoms with Crippen LogP contribution in [0.3, 0.4) is 0 Å². The molecule has 1 aliphatic rings. The van der Waals surface area contributed by atoms with Gasteiger partial charge in [0.05, 0.1) is 21.6 Å². The number of nitrogens with zero attached hydrogens (tertiary/aromatic N) is 3. The SMILES string of the molecule is O=C(CCc1nccc(-c2ccc(C(F)(F)F)cc2)n1)[C@@H]1CCCN1S(=O)(=O)c1ccc(Cl)s1. The van der Waals surface area contributed by atoms with Crippen molar-refractivity contribution in [1.82, 2.24) is 14.3 Å². The Morgan fingerprint density at radius 1 is 1.15 bits per heavy atom. The molecule has 34 heavy (non-hydrogen) atoms. The summed E-state index contributed by atoms with van der Waals surface area (Å²) in [7, 11) is -3.82. The molecule has 0 unspecified atom stereocenters. The fourth-order valence-electron chi connectivity index (χ4n) is 3.81. The molecule has 0 aliphatic carbocycles. The van der Waals surface area contributed by atoms with Crippen molar-refractivity contribution in [3.63, 3.8) is 0 Å². The van der Waals surface area contributed by atoms with Gasteiger partial charge >= 0.3 is 6.18 Å². The van der Waals surface area contributed by atoms with Gasteiger partial charge in [0.1, 0.15) is 10.0 Å². The number of hydrogen-bond acceptors (Lipinski definition) is 6. The summed E-state index contributed by atoms with van der Waals surface area (Å²) in [4.78, 5) is 21.4. The molecule has 6 nitrogen and oxygen atoms in total. The van der Waals surface area contributed by atoms with Crippen LogP contribution < -0.4 is 0 Å². The third-order valence-electron chi connectivity index (χ3n) is 5.50. The van der Waals surface area contributed by atoms with E-state index in [0.717, 1.165) is 23.5 Å². The second-order valence-corrected chi connectivity index (χ2v) is 11.6. The molecule has 1 aliphatic heterocycles. The molecule has 3 heterocycles. The van der Waals surface area contributed by atoms with E-state index in [1.165, 1.54) is 34.8 Å². The van der Waals surface area contributed by atoms with Crippen molar-refractivity contribution >= 4 is 38.7 Å². The second kappa shape index (κ2) is 9.73. The Morgan fingerprint density at radius 3 is 2.53 bits per heavy atom. The Kier molecular flexibility index (Phi) is 7.09. The molecular weight excluding hydrogens is 511 g/mol. The molecule has 0 radical (unpaired) electrons. The Morgan fingerprint density at radius 2 is 1.88 bits per heavy atom. The van der Waals surface area contributed by atoms with E-state index in [0.29, 0.717) is 34.3 Å². The highest BCUT2D eigenvalue weighted by Gasteiger charge is 2.39. The van der Waals surface area contributed by atoms with Crippen molar-refractivity contribution in [2.75, 3.05) is 6.54 Å². The van der Waals surface area contributed by atoms with Crippen LogP contribution in [-0.4, -0.2) is 41.1 Å². The minimum atomic E-state index is -4.42. The van der Waals surface area contributed by atoms with Crippen molar-refractivity contribution < 1.29 is 26.4 Å². The zero-order chi connectivity index (χ0) is 24.5. The van der Waals surface area contributed by atoms with Gasteiger partial charge in [-0.3, -0.25) is 4.79 Å². The summed E-state index contributed by atoms with van der Waals surface area (Å²) in [5, 5.41) is 0. The average Bonchev–Trinajstić information content (AvgIpc) is 3.47. The predicted octanol–water partition coefficient (Wildman–Crippen LogP) is 5.23. The van der Waals surface area contributed by atoms with Crippen molar-refractivity contribution in [2.45, 2.75) is 42.1 Å². The lowest BCUT2D eigenvalue weighted by Crippen LogP contribution is -2.40. The normalized spacial score (nSPS) is 17.2. The van der Waals surface area contributed by atoms with Gasteiger partial charge in [0.2, 0.25) is 0 Å².